The first-order valence-electron chi connectivity index (χ1n) is 5.59. The molecule has 0 aromatic heterocycles. The van der Waals surface area contributed by atoms with E-state index in [-0.39, 0.29) is 23.9 Å². The Hall–Kier alpha value is -1.47. The van der Waals surface area contributed by atoms with Crippen molar-refractivity contribution < 1.29 is 8.78 Å². The van der Waals surface area contributed by atoms with E-state index in [1.54, 1.807) is 0 Å². The average Bonchev–Trinajstić information content (AvgIpc) is 2.28. The van der Waals surface area contributed by atoms with E-state index in [4.69, 9.17) is 5.26 Å². The van der Waals surface area contributed by atoms with Gasteiger partial charge in [0.2, 0.25) is 0 Å². The molecule has 1 aromatic rings. The third-order valence-corrected chi connectivity index (χ3v) is 2.66. The van der Waals surface area contributed by atoms with Gasteiger partial charge in [-0.1, -0.05) is 13.8 Å². The minimum atomic E-state index is -0.455. The van der Waals surface area contributed by atoms with Crippen molar-refractivity contribution in [3.8, 4) is 6.07 Å². The number of nitrogens with one attached hydrogen (secondary N) is 1. The highest BCUT2D eigenvalue weighted by Gasteiger charge is 2.12. The van der Waals surface area contributed by atoms with Crippen molar-refractivity contribution >= 4 is 0 Å². The van der Waals surface area contributed by atoms with Gasteiger partial charge >= 0.3 is 0 Å². The van der Waals surface area contributed by atoms with Crippen LogP contribution in [-0.4, -0.2) is 6.54 Å². The second-order valence-corrected chi connectivity index (χ2v) is 4.35. The van der Waals surface area contributed by atoms with Crippen LogP contribution in [0.3, 0.4) is 0 Å². The van der Waals surface area contributed by atoms with Crippen LogP contribution in [-0.2, 0) is 6.54 Å². The molecule has 0 amide bonds. The Morgan fingerprint density at radius 2 is 2.06 bits per heavy atom. The van der Waals surface area contributed by atoms with Gasteiger partial charge in [0.05, 0.1) is 12.0 Å². The van der Waals surface area contributed by atoms with Crippen LogP contribution < -0.4 is 5.32 Å². The number of benzene rings is 1. The molecule has 0 bridgehead atoms. The van der Waals surface area contributed by atoms with Gasteiger partial charge in [-0.05, 0) is 24.1 Å². The third-order valence-electron chi connectivity index (χ3n) is 2.66. The van der Waals surface area contributed by atoms with Crippen LogP contribution in [0.5, 0.6) is 0 Å². The van der Waals surface area contributed by atoms with E-state index in [1.165, 1.54) is 6.07 Å². The lowest BCUT2D eigenvalue weighted by Gasteiger charge is -2.13. The molecule has 1 rings (SSSR count). The molecule has 0 aliphatic heterocycles. The van der Waals surface area contributed by atoms with Crippen LogP contribution in [0, 0.1) is 34.8 Å². The van der Waals surface area contributed by atoms with Gasteiger partial charge in [-0.25, -0.2) is 8.78 Å². The zero-order valence-corrected chi connectivity index (χ0v) is 10.0. The summed E-state index contributed by atoms with van der Waals surface area (Å²) in [7, 11) is 0. The minimum absolute atomic E-state index is 0.119. The summed E-state index contributed by atoms with van der Waals surface area (Å²) in [5.41, 5.74) is 0.283. The molecule has 1 N–H and O–H groups in total. The first kappa shape index (κ1) is 13.6. The van der Waals surface area contributed by atoms with E-state index in [0.29, 0.717) is 6.54 Å². The van der Waals surface area contributed by atoms with E-state index >= 15 is 0 Å². The van der Waals surface area contributed by atoms with E-state index in [1.807, 2.05) is 13.8 Å². The maximum absolute atomic E-state index is 13.3. The van der Waals surface area contributed by atoms with Crippen LogP contribution in [0.15, 0.2) is 18.2 Å². The fourth-order valence-corrected chi connectivity index (χ4v) is 1.47. The summed E-state index contributed by atoms with van der Waals surface area (Å²) in [4.78, 5) is 0. The van der Waals surface area contributed by atoms with E-state index in [9.17, 15) is 8.78 Å². The van der Waals surface area contributed by atoms with Crippen LogP contribution in [0.1, 0.15) is 19.4 Å². The number of nitriles is 1. The molecule has 92 valence electrons. The van der Waals surface area contributed by atoms with E-state index in [0.717, 1.165) is 12.1 Å². The Morgan fingerprint density at radius 1 is 1.35 bits per heavy atom. The van der Waals surface area contributed by atoms with Gasteiger partial charge < -0.3 is 5.32 Å². The van der Waals surface area contributed by atoms with Gasteiger partial charge in [0.15, 0.2) is 0 Å². The minimum Gasteiger partial charge on any atom is -0.311 e. The lowest BCUT2D eigenvalue weighted by atomic mass is 9.97. The highest BCUT2D eigenvalue weighted by Crippen LogP contribution is 2.11. The Balaban J connectivity index is 2.51. The molecule has 1 atom stereocenters. The SMILES string of the molecule is CC(C)C(C#N)CNCc1cc(F)ccc1F. The molecule has 0 aliphatic rings. The van der Waals surface area contributed by atoms with Crippen molar-refractivity contribution in [1.29, 1.82) is 5.26 Å². The van der Waals surface area contributed by atoms with Gasteiger partial charge in [0.1, 0.15) is 11.6 Å². The molecule has 0 spiro atoms. The van der Waals surface area contributed by atoms with Crippen molar-refractivity contribution in [3.05, 3.63) is 35.4 Å². The van der Waals surface area contributed by atoms with Crippen LogP contribution in [0.25, 0.3) is 0 Å². The Labute approximate surface area is 100 Å². The molecule has 17 heavy (non-hydrogen) atoms. The topological polar surface area (TPSA) is 35.8 Å². The molecular formula is C13H16F2N2. The second-order valence-electron chi connectivity index (χ2n) is 4.35. The first-order chi connectivity index (χ1) is 8.04. The molecule has 0 aliphatic carbocycles. The largest absolute Gasteiger partial charge is 0.311 e. The van der Waals surface area contributed by atoms with Gasteiger partial charge in [-0.2, -0.15) is 5.26 Å². The zero-order chi connectivity index (χ0) is 12.8. The van der Waals surface area contributed by atoms with Gasteiger partial charge in [0, 0.05) is 18.7 Å². The van der Waals surface area contributed by atoms with Crippen molar-refractivity contribution in [2.24, 2.45) is 11.8 Å². The van der Waals surface area contributed by atoms with Crippen LogP contribution >= 0.6 is 0 Å². The lowest BCUT2D eigenvalue weighted by Crippen LogP contribution is -2.25. The molecule has 0 heterocycles. The molecule has 2 nitrogen and oxygen atoms in total. The fraction of sp³-hybridized carbons (Fsp3) is 0.462. The Bertz CT molecular complexity index is 410. The molecule has 1 unspecified atom stereocenters. The van der Waals surface area contributed by atoms with Gasteiger partial charge in [0.25, 0.3) is 0 Å². The highest BCUT2D eigenvalue weighted by atomic mass is 19.1. The van der Waals surface area contributed by atoms with Gasteiger partial charge in [-0.15, -0.1) is 0 Å². The quantitative estimate of drug-likeness (QED) is 0.856. The number of hydrogen-bond acceptors (Lipinski definition) is 2. The van der Waals surface area contributed by atoms with Crippen molar-refractivity contribution in [2.75, 3.05) is 6.54 Å². The maximum atomic E-state index is 13.3. The molecule has 0 fully saturated rings. The summed E-state index contributed by atoms with van der Waals surface area (Å²) in [5, 5.41) is 11.8. The summed E-state index contributed by atoms with van der Waals surface area (Å²) < 4.78 is 26.1. The maximum Gasteiger partial charge on any atom is 0.127 e. The predicted molar refractivity (Wildman–Crippen MR) is 62.0 cm³/mol. The average molecular weight is 238 g/mol. The van der Waals surface area contributed by atoms with E-state index in [2.05, 4.69) is 11.4 Å². The smallest absolute Gasteiger partial charge is 0.127 e. The Kier molecular flexibility index (Phi) is 5.05. The molecule has 0 saturated carbocycles. The second kappa shape index (κ2) is 6.31. The molecule has 4 heteroatoms. The summed E-state index contributed by atoms with van der Waals surface area (Å²) in [5.74, 6) is -0.766. The standard InChI is InChI=1S/C13H16F2N2/c1-9(2)11(6-16)8-17-7-10-5-12(14)3-4-13(10)15/h3-5,9,11,17H,7-8H2,1-2H3. The third kappa shape index (κ3) is 4.12. The first-order valence-corrected chi connectivity index (χ1v) is 5.59. The summed E-state index contributed by atoms with van der Waals surface area (Å²) in [6.45, 7) is 4.62. The van der Waals surface area contributed by atoms with Crippen LogP contribution in [0.2, 0.25) is 0 Å². The van der Waals surface area contributed by atoms with Crippen molar-refractivity contribution in [1.82, 2.24) is 5.32 Å². The lowest BCUT2D eigenvalue weighted by molar-refractivity contribution is 0.438. The monoisotopic (exact) mass is 238 g/mol. The zero-order valence-electron chi connectivity index (χ0n) is 10.0. The fourth-order valence-electron chi connectivity index (χ4n) is 1.47. The summed E-state index contributed by atoms with van der Waals surface area (Å²) in [6.07, 6.45) is 0. The number of hydrogen-bond donors (Lipinski definition) is 1. The van der Waals surface area contributed by atoms with Crippen LogP contribution in [0.4, 0.5) is 8.78 Å². The number of nitrogens with zero attached hydrogens (tertiary/aromatic N) is 1. The highest BCUT2D eigenvalue weighted by molar-refractivity contribution is 5.18. The normalized spacial score (nSPS) is 12.5. The Morgan fingerprint density at radius 3 is 2.65 bits per heavy atom. The van der Waals surface area contributed by atoms with E-state index < -0.39 is 11.6 Å². The predicted octanol–water partition coefficient (Wildman–Crippen LogP) is 2.85. The number of rotatable bonds is 5. The molecule has 0 radical (unpaired) electrons. The van der Waals surface area contributed by atoms with Gasteiger partial charge in [-0.3, -0.25) is 0 Å². The summed E-state index contributed by atoms with van der Waals surface area (Å²) in [6, 6.07) is 5.55. The molecule has 0 saturated heterocycles. The molecule has 1 aromatic carbocycles. The van der Waals surface area contributed by atoms with Crippen molar-refractivity contribution in [3.63, 3.8) is 0 Å². The van der Waals surface area contributed by atoms with Crippen molar-refractivity contribution in [2.45, 2.75) is 20.4 Å². The molecular weight excluding hydrogens is 222 g/mol. The summed E-state index contributed by atoms with van der Waals surface area (Å²) >= 11 is 0. The number of halogens is 2.